The Morgan fingerprint density at radius 1 is 1.31 bits per heavy atom. The van der Waals surface area contributed by atoms with E-state index >= 15 is 0 Å². The van der Waals surface area contributed by atoms with Crippen molar-refractivity contribution in [1.82, 2.24) is 0 Å². The van der Waals surface area contributed by atoms with Gasteiger partial charge in [-0.3, -0.25) is 0 Å². The first-order chi connectivity index (χ1) is 7.44. The quantitative estimate of drug-likeness (QED) is 0.669. The topological polar surface area (TPSA) is 20.2 Å². The van der Waals surface area contributed by atoms with Crippen LogP contribution >= 0.6 is 0 Å². The Bertz CT molecular complexity index is 283. The number of hydrogen-bond donors (Lipinski definition) is 1. The van der Waals surface area contributed by atoms with E-state index in [2.05, 4.69) is 27.4 Å². The summed E-state index contributed by atoms with van der Waals surface area (Å²) in [5.74, 6) is 1.87. The molecule has 5 atom stereocenters. The molecular weight excluding hydrogens is 196 g/mol. The zero-order chi connectivity index (χ0) is 11.9. The van der Waals surface area contributed by atoms with Crippen LogP contribution in [0.25, 0.3) is 0 Å². The maximum absolute atomic E-state index is 10.0. The van der Waals surface area contributed by atoms with Crippen molar-refractivity contribution in [2.75, 3.05) is 0 Å². The lowest BCUT2D eigenvalue weighted by Crippen LogP contribution is -2.46. The van der Waals surface area contributed by atoms with E-state index in [4.69, 9.17) is 0 Å². The molecule has 16 heavy (non-hydrogen) atoms. The van der Waals surface area contributed by atoms with Crippen LogP contribution in [0.2, 0.25) is 0 Å². The standard InChI is InChI=1S/C15H26O/c1-10(2)12-5-7-15(4)8-6-14(16)11(3)13(15)9-12/h11-14,16H,1,5-9H2,2-4H3/t11-,12-,13-,14+,15-/m1/s1. The van der Waals surface area contributed by atoms with Crippen molar-refractivity contribution in [2.24, 2.45) is 23.2 Å². The molecule has 0 unspecified atom stereocenters. The minimum atomic E-state index is -0.0676. The van der Waals surface area contributed by atoms with Gasteiger partial charge in [0, 0.05) is 0 Å². The van der Waals surface area contributed by atoms with E-state index in [9.17, 15) is 5.11 Å². The minimum absolute atomic E-state index is 0.0676. The highest BCUT2D eigenvalue weighted by Crippen LogP contribution is 2.54. The molecular formula is C15H26O. The third kappa shape index (κ3) is 1.95. The van der Waals surface area contributed by atoms with Crippen LogP contribution in [0.3, 0.4) is 0 Å². The molecule has 0 amide bonds. The summed E-state index contributed by atoms with van der Waals surface area (Å²) in [6.45, 7) is 11.0. The largest absolute Gasteiger partial charge is 0.393 e. The number of aliphatic hydroxyl groups is 1. The lowest BCUT2D eigenvalue weighted by Gasteiger charge is -2.52. The molecule has 92 valence electrons. The Morgan fingerprint density at radius 3 is 2.56 bits per heavy atom. The summed E-state index contributed by atoms with van der Waals surface area (Å²) in [5.41, 5.74) is 1.83. The molecule has 1 heteroatoms. The molecule has 2 aliphatic carbocycles. The fourth-order valence-electron chi connectivity index (χ4n) is 4.01. The smallest absolute Gasteiger partial charge is 0.0568 e. The van der Waals surface area contributed by atoms with Crippen molar-refractivity contribution in [3.8, 4) is 0 Å². The second-order valence-electron chi connectivity index (χ2n) is 6.54. The fourth-order valence-corrected chi connectivity index (χ4v) is 4.01. The Labute approximate surface area is 99.9 Å². The maximum atomic E-state index is 10.0. The van der Waals surface area contributed by atoms with Gasteiger partial charge in [0.2, 0.25) is 0 Å². The van der Waals surface area contributed by atoms with E-state index in [0.29, 0.717) is 23.2 Å². The lowest BCUT2D eigenvalue weighted by atomic mass is 9.54. The maximum Gasteiger partial charge on any atom is 0.0568 e. The highest BCUT2D eigenvalue weighted by atomic mass is 16.3. The van der Waals surface area contributed by atoms with Crippen LogP contribution in [0.4, 0.5) is 0 Å². The lowest BCUT2D eigenvalue weighted by molar-refractivity contribution is -0.0636. The van der Waals surface area contributed by atoms with Gasteiger partial charge in [-0.05, 0) is 62.2 Å². The van der Waals surface area contributed by atoms with Crippen molar-refractivity contribution in [3.63, 3.8) is 0 Å². The molecule has 0 radical (unpaired) electrons. The number of aliphatic hydroxyl groups excluding tert-OH is 1. The Balaban J connectivity index is 2.15. The average Bonchev–Trinajstić information content (AvgIpc) is 2.24. The Kier molecular flexibility index (Phi) is 3.18. The van der Waals surface area contributed by atoms with Crippen LogP contribution in [0, 0.1) is 23.2 Å². The van der Waals surface area contributed by atoms with Crippen molar-refractivity contribution in [2.45, 2.75) is 59.0 Å². The molecule has 2 aliphatic rings. The molecule has 0 bridgehead atoms. The fraction of sp³-hybridized carbons (Fsp3) is 0.867. The number of rotatable bonds is 1. The summed E-state index contributed by atoms with van der Waals surface area (Å²) >= 11 is 0. The highest BCUT2D eigenvalue weighted by molar-refractivity contribution is 5.05. The normalized spacial score (nSPS) is 48.5. The highest BCUT2D eigenvalue weighted by Gasteiger charge is 2.47. The number of allylic oxidation sites excluding steroid dienone is 1. The first-order valence-electron chi connectivity index (χ1n) is 6.77. The molecule has 2 saturated carbocycles. The van der Waals surface area contributed by atoms with E-state index in [0.717, 1.165) is 6.42 Å². The van der Waals surface area contributed by atoms with Crippen LogP contribution in [0.15, 0.2) is 12.2 Å². The molecule has 2 fully saturated rings. The minimum Gasteiger partial charge on any atom is -0.393 e. The van der Waals surface area contributed by atoms with Crippen LogP contribution in [0.5, 0.6) is 0 Å². The van der Waals surface area contributed by atoms with Crippen molar-refractivity contribution in [1.29, 1.82) is 0 Å². The monoisotopic (exact) mass is 222 g/mol. The summed E-state index contributed by atoms with van der Waals surface area (Å²) in [7, 11) is 0. The first-order valence-corrected chi connectivity index (χ1v) is 6.77. The molecule has 0 spiro atoms. The summed E-state index contributed by atoms with van der Waals surface area (Å²) in [6, 6.07) is 0. The predicted octanol–water partition coefficient (Wildman–Crippen LogP) is 3.78. The summed E-state index contributed by atoms with van der Waals surface area (Å²) in [4.78, 5) is 0. The van der Waals surface area contributed by atoms with Crippen LogP contribution in [0.1, 0.15) is 52.9 Å². The summed E-state index contributed by atoms with van der Waals surface area (Å²) in [5, 5.41) is 10.0. The van der Waals surface area contributed by atoms with E-state index in [1.165, 1.54) is 31.3 Å². The molecule has 0 heterocycles. The number of fused-ring (bicyclic) bond motifs is 1. The van der Waals surface area contributed by atoms with Gasteiger partial charge in [-0.15, -0.1) is 0 Å². The van der Waals surface area contributed by atoms with E-state index in [-0.39, 0.29) is 6.10 Å². The Hall–Kier alpha value is -0.300. The van der Waals surface area contributed by atoms with Gasteiger partial charge in [-0.1, -0.05) is 26.0 Å². The van der Waals surface area contributed by atoms with E-state index in [1.807, 2.05) is 0 Å². The van der Waals surface area contributed by atoms with E-state index in [1.54, 1.807) is 0 Å². The molecule has 0 saturated heterocycles. The summed E-state index contributed by atoms with van der Waals surface area (Å²) < 4.78 is 0. The Morgan fingerprint density at radius 2 is 1.94 bits per heavy atom. The van der Waals surface area contributed by atoms with Gasteiger partial charge in [0.05, 0.1) is 6.10 Å². The number of hydrogen-bond acceptors (Lipinski definition) is 1. The molecule has 0 aromatic carbocycles. The van der Waals surface area contributed by atoms with Crippen LogP contribution in [-0.2, 0) is 0 Å². The molecule has 1 nitrogen and oxygen atoms in total. The summed E-state index contributed by atoms with van der Waals surface area (Å²) in [6.07, 6.45) is 6.04. The van der Waals surface area contributed by atoms with Crippen molar-refractivity contribution >= 4 is 0 Å². The third-order valence-electron chi connectivity index (χ3n) is 5.45. The van der Waals surface area contributed by atoms with Gasteiger partial charge in [-0.2, -0.15) is 0 Å². The molecule has 0 aromatic rings. The molecule has 1 N–H and O–H groups in total. The van der Waals surface area contributed by atoms with Gasteiger partial charge in [0.1, 0.15) is 0 Å². The zero-order valence-corrected chi connectivity index (χ0v) is 11.0. The predicted molar refractivity (Wildman–Crippen MR) is 68.2 cm³/mol. The van der Waals surface area contributed by atoms with Crippen LogP contribution < -0.4 is 0 Å². The molecule has 0 aliphatic heterocycles. The van der Waals surface area contributed by atoms with E-state index < -0.39 is 0 Å². The van der Waals surface area contributed by atoms with Gasteiger partial charge >= 0.3 is 0 Å². The van der Waals surface area contributed by atoms with Gasteiger partial charge in [0.25, 0.3) is 0 Å². The van der Waals surface area contributed by atoms with Crippen molar-refractivity contribution in [3.05, 3.63) is 12.2 Å². The van der Waals surface area contributed by atoms with Gasteiger partial charge in [-0.25, -0.2) is 0 Å². The van der Waals surface area contributed by atoms with Gasteiger partial charge in [0.15, 0.2) is 0 Å². The average molecular weight is 222 g/mol. The first kappa shape index (κ1) is 12.2. The molecule has 0 aromatic heterocycles. The molecule has 2 rings (SSSR count). The van der Waals surface area contributed by atoms with Crippen molar-refractivity contribution < 1.29 is 5.11 Å². The van der Waals surface area contributed by atoms with Crippen LogP contribution in [-0.4, -0.2) is 11.2 Å². The SMILES string of the molecule is C=C(C)[C@@H]1CC[C@]2(C)CC[C@H](O)[C@H](C)[C@H]2C1. The second-order valence-corrected chi connectivity index (χ2v) is 6.54. The van der Waals surface area contributed by atoms with Gasteiger partial charge < -0.3 is 5.11 Å². The third-order valence-corrected chi connectivity index (χ3v) is 5.45. The second kappa shape index (κ2) is 4.18. The zero-order valence-electron chi connectivity index (χ0n) is 11.0.